The molecule has 0 amide bonds. The second kappa shape index (κ2) is 9.89. The van der Waals surface area contributed by atoms with E-state index in [2.05, 4.69) is 56.5 Å². The molecule has 0 spiro atoms. The van der Waals surface area contributed by atoms with Gasteiger partial charge in [0.05, 0.1) is 30.5 Å². The summed E-state index contributed by atoms with van der Waals surface area (Å²) in [6, 6.07) is 11.0. The number of thioether (sulfide) groups is 1. The lowest BCUT2D eigenvalue weighted by Gasteiger charge is -2.36. The van der Waals surface area contributed by atoms with Crippen LogP contribution in [0.2, 0.25) is 0 Å². The first kappa shape index (κ1) is 24.0. The summed E-state index contributed by atoms with van der Waals surface area (Å²) in [5.41, 5.74) is 4.21. The van der Waals surface area contributed by atoms with E-state index in [9.17, 15) is 0 Å². The highest BCUT2D eigenvalue weighted by molar-refractivity contribution is 7.98. The monoisotopic (exact) mass is 530 g/mol. The summed E-state index contributed by atoms with van der Waals surface area (Å²) < 4.78 is 7.71. The minimum Gasteiger partial charge on any atom is -0.378 e. The Bertz CT molecular complexity index is 1480. The van der Waals surface area contributed by atoms with Crippen molar-refractivity contribution in [2.24, 2.45) is 0 Å². The third-order valence-corrected chi connectivity index (χ3v) is 8.59. The fraction of sp³-hybridized carbons (Fsp3) is 0.500. The molecule has 1 atom stereocenters. The van der Waals surface area contributed by atoms with Crippen molar-refractivity contribution in [2.75, 3.05) is 66.9 Å². The highest BCUT2D eigenvalue weighted by Crippen LogP contribution is 2.38. The van der Waals surface area contributed by atoms with Crippen molar-refractivity contribution >= 4 is 45.8 Å². The van der Waals surface area contributed by atoms with Gasteiger partial charge in [0.15, 0.2) is 10.8 Å². The van der Waals surface area contributed by atoms with Crippen molar-refractivity contribution in [3.63, 3.8) is 0 Å². The third kappa shape index (κ3) is 4.23. The van der Waals surface area contributed by atoms with Gasteiger partial charge in [-0.05, 0) is 51.0 Å². The normalized spacial score (nSPS) is 20.4. The molecule has 3 aromatic heterocycles. The van der Waals surface area contributed by atoms with Crippen molar-refractivity contribution in [1.29, 1.82) is 0 Å². The van der Waals surface area contributed by atoms with Crippen molar-refractivity contribution in [2.45, 2.75) is 43.8 Å². The average Bonchev–Trinajstić information content (AvgIpc) is 3.36. The van der Waals surface area contributed by atoms with Crippen LogP contribution in [0.5, 0.6) is 0 Å². The second-order valence-electron chi connectivity index (χ2n) is 10.5. The zero-order valence-corrected chi connectivity index (χ0v) is 23.0. The maximum atomic E-state index is 5.65. The molecule has 198 valence electrons. The molecule has 3 aliphatic heterocycles. The third-order valence-electron chi connectivity index (χ3n) is 8.04. The molecule has 6 heterocycles. The van der Waals surface area contributed by atoms with Gasteiger partial charge >= 0.3 is 0 Å². The van der Waals surface area contributed by atoms with Crippen LogP contribution in [0, 0.1) is 6.92 Å². The highest BCUT2D eigenvalue weighted by atomic mass is 32.2. The summed E-state index contributed by atoms with van der Waals surface area (Å²) in [7, 11) is 0. The summed E-state index contributed by atoms with van der Waals surface area (Å²) in [6.07, 6.45) is 6.64. The average molecular weight is 531 g/mol. The van der Waals surface area contributed by atoms with Gasteiger partial charge in [0, 0.05) is 50.2 Å². The van der Waals surface area contributed by atoms with Crippen molar-refractivity contribution in [3.8, 4) is 0 Å². The lowest BCUT2D eigenvalue weighted by atomic mass is 9.98. The fourth-order valence-electron chi connectivity index (χ4n) is 5.86. The predicted molar refractivity (Wildman–Crippen MR) is 153 cm³/mol. The van der Waals surface area contributed by atoms with Gasteiger partial charge < -0.3 is 19.4 Å². The van der Waals surface area contributed by atoms with Gasteiger partial charge in [-0.25, -0.2) is 15.0 Å². The largest absolute Gasteiger partial charge is 0.378 e. The molecule has 0 bridgehead atoms. The predicted octanol–water partition coefficient (Wildman–Crippen LogP) is 4.48. The number of hydrogen-bond donors (Lipinski definition) is 0. The summed E-state index contributed by atoms with van der Waals surface area (Å²) in [4.78, 5) is 22.2. The van der Waals surface area contributed by atoms with Gasteiger partial charge in [-0.3, -0.25) is 0 Å². The number of anilines is 3. The van der Waals surface area contributed by atoms with Crippen LogP contribution in [0.1, 0.15) is 43.0 Å². The zero-order chi connectivity index (χ0) is 25.6. The van der Waals surface area contributed by atoms with Gasteiger partial charge in [0.2, 0.25) is 0 Å². The first-order chi connectivity index (χ1) is 18.7. The van der Waals surface area contributed by atoms with E-state index < -0.39 is 0 Å². The molecule has 38 heavy (non-hydrogen) atoms. The molecule has 0 radical (unpaired) electrons. The molecule has 7 rings (SSSR count). The quantitative estimate of drug-likeness (QED) is 0.274. The lowest BCUT2D eigenvalue weighted by molar-refractivity contribution is 0.122. The SMILES string of the molecule is CSc1nc(N2CCCCC2c2cc3nc(N4CCC4)cc(N4CCOCC4)n3n2)c2cc(C)ccc2n1. The number of morpholine rings is 1. The van der Waals surface area contributed by atoms with Crippen molar-refractivity contribution in [3.05, 3.63) is 41.6 Å². The molecule has 9 nitrogen and oxygen atoms in total. The van der Waals surface area contributed by atoms with E-state index in [1.54, 1.807) is 11.8 Å². The fourth-order valence-corrected chi connectivity index (χ4v) is 6.23. The van der Waals surface area contributed by atoms with E-state index in [4.69, 9.17) is 24.8 Å². The molecule has 0 aliphatic carbocycles. The number of ether oxygens (including phenoxy) is 1. The smallest absolute Gasteiger partial charge is 0.189 e. The molecule has 3 aliphatic rings. The van der Waals surface area contributed by atoms with Gasteiger partial charge in [-0.1, -0.05) is 23.4 Å². The molecule has 4 aromatic rings. The Morgan fingerprint density at radius 2 is 1.76 bits per heavy atom. The number of rotatable bonds is 5. The number of benzene rings is 1. The van der Waals surface area contributed by atoms with Crippen LogP contribution >= 0.6 is 11.8 Å². The van der Waals surface area contributed by atoms with Crippen LogP contribution in [-0.4, -0.2) is 76.8 Å². The Morgan fingerprint density at radius 3 is 2.55 bits per heavy atom. The number of piperidine rings is 1. The van der Waals surface area contributed by atoms with E-state index in [0.717, 1.165) is 104 Å². The minimum absolute atomic E-state index is 0.142. The molecule has 1 aromatic carbocycles. The molecular weight excluding hydrogens is 496 g/mol. The first-order valence-electron chi connectivity index (χ1n) is 13.8. The van der Waals surface area contributed by atoms with E-state index in [1.807, 2.05) is 6.26 Å². The number of fused-ring (bicyclic) bond motifs is 2. The summed E-state index contributed by atoms with van der Waals surface area (Å²) in [5, 5.41) is 7.16. The van der Waals surface area contributed by atoms with Crippen LogP contribution in [0.3, 0.4) is 0 Å². The van der Waals surface area contributed by atoms with Crippen LogP contribution in [0.15, 0.2) is 35.5 Å². The van der Waals surface area contributed by atoms with Gasteiger partial charge in [0.1, 0.15) is 17.5 Å². The second-order valence-corrected chi connectivity index (χ2v) is 11.3. The number of aryl methyl sites for hydroxylation is 1. The highest BCUT2D eigenvalue weighted by Gasteiger charge is 2.31. The van der Waals surface area contributed by atoms with E-state index in [0.29, 0.717) is 0 Å². The van der Waals surface area contributed by atoms with E-state index >= 15 is 0 Å². The van der Waals surface area contributed by atoms with Gasteiger partial charge in [-0.2, -0.15) is 9.61 Å². The van der Waals surface area contributed by atoms with Crippen LogP contribution in [0.4, 0.5) is 17.5 Å². The number of aromatic nitrogens is 5. The maximum Gasteiger partial charge on any atom is 0.189 e. The molecule has 0 saturated carbocycles. The standard InChI is InChI=1S/C28H34N8OS/c1-19-7-8-21-20(16-19)27(31-28(29-21)38-2)35-11-4-3-6-23(35)22-17-25-30-24(33-9-5-10-33)18-26(36(25)32-22)34-12-14-37-15-13-34/h7-8,16-18,23H,3-6,9-15H2,1-2H3. The van der Waals surface area contributed by atoms with Crippen molar-refractivity contribution in [1.82, 2.24) is 24.6 Å². The first-order valence-corrected chi connectivity index (χ1v) is 15.0. The van der Waals surface area contributed by atoms with Crippen LogP contribution in [0.25, 0.3) is 16.6 Å². The summed E-state index contributed by atoms with van der Waals surface area (Å²) in [6.45, 7) is 8.45. The molecule has 3 fully saturated rings. The van der Waals surface area contributed by atoms with E-state index in [1.165, 1.54) is 18.4 Å². The molecule has 0 N–H and O–H groups in total. The molecule has 10 heteroatoms. The Hall–Kier alpha value is -3.11. The molecule has 3 saturated heterocycles. The Balaban J connectivity index is 1.34. The Morgan fingerprint density at radius 1 is 0.895 bits per heavy atom. The van der Waals surface area contributed by atoms with Gasteiger partial charge in [0.25, 0.3) is 0 Å². The molecule has 1 unspecified atom stereocenters. The van der Waals surface area contributed by atoms with Crippen molar-refractivity contribution < 1.29 is 4.74 Å². The van der Waals surface area contributed by atoms with Crippen LogP contribution < -0.4 is 14.7 Å². The number of hydrogen-bond acceptors (Lipinski definition) is 9. The topological polar surface area (TPSA) is 74.9 Å². The Kier molecular flexibility index (Phi) is 6.24. The molecular formula is C28H34N8OS. The van der Waals surface area contributed by atoms with Gasteiger partial charge in [-0.15, -0.1) is 0 Å². The maximum absolute atomic E-state index is 5.65. The summed E-state index contributed by atoms with van der Waals surface area (Å²) >= 11 is 1.60. The lowest BCUT2D eigenvalue weighted by Crippen LogP contribution is -2.40. The summed E-state index contributed by atoms with van der Waals surface area (Å²) in [5.74, 6) is 3.19. The Labute approximate surface area is 227 Å². The van der Waals surface area contributed by atoms with Crippen LogP contribution in [-0.2, 0) is 4.74 Å². The minimum atomic E-state index is 0.142. The zero-order valence-electron chi connectivity index (χ0n) is 22.1. The number of nitrogens with zero attached hydrogens (tertiary/aromatic N) is 8. The van der Waals surface area contributed by atoms with E-state index in [-0.39, 0.29) is 6.04 Å².